The monoisotopic (exact) mass is 384 g/mol. The van der Waals surface area contributed by atoms with Crippen LogP contribution in [0.2, 0.25) is 0 Å². The maximum absolute atomic E-state index is 12.4. The lowest BCUT2D eigenvalue weighted by atomic mass is 10.0. The van der Waals surface area contributed by atoms with Crippen molar-refractivity contribution in [1.29, 1.82) is 0 Å². The Bertz CT molecular complexity index is 661. The van der Waals surface area contributed by atoms with E-state index in [1.54, 1.807) is 11.0 Å². The fourth-order valence-electron chi connectivity index (χ4n) is 3.75. The molecule has 2 bridgehead atoms. The van der Waals surface area contributed by atoms with E-state index in [-0.39, 0.29) is 30.1 Å². The Morgan fingerprint density at radius 2 is 2.31 bits per heavy atom. The molecular weight excluding hydrogens is 364 g/mol. The molecule has 3 saturated heterocycles. The second kappa shape index (κ2) is 7.34. The summed E-state index contributed by atoms with van der Waals surface area (Å²) in [6.07, 6.45) is 3.62. The van der Waals surface area contributed by atoms with E-state index in [4.69, 9.17) is 9.12 Å². The largest absolute Gasteiger partial charge is 0.345 e. The zero-order valence-electron chi connectivity index (χ0n) is 13.9. The number of nitrogens with zero attached hydrogens (tertiary/aromatic N) is 6. The van der Waals surface area contributed by atoms with Gasteiger partial charge in [-0.15, -0.1) is 5.10 Å². The lowest BCUT2D eigenvalue weighted by molar-refractivity contribution is -0.139. The topological polar surface area (TPSA) is 127 Å². The van der Waals surface area contributed by atoms with Crippen molar-refractivity contribution in [3.05, 3.63) is 6.33 Å². The minimum atomic E-state index is -0.558. The number of hydrogen-bond acceptors (Lipinski definition) is 9. The van der Waals surface area contributed by atoms with Crippen molar-refractivity contribution in [2.24, 2.45) is 0 Å². The molecule has 0 spiro atoms. The van der Waals surface area contributed by atoms with E-state index >= 15 is 0 Å². The van der Waals surface area contributed by atoms with Crippen molar-refractivity contribution >= 4 is 24.8 Å². The first-order valence-electron chi connectivity index (χ1n) is 8.46. The molecule has 12 nitrogen and oxygen atoms in total. The fourth-order valence-corrected chi connectivity index (χ4v) is 3.96. The first-order chi connectivity index (χ1) is 12.7. The smallest absolute Gasteiger partial charge is 0.309 e. The Balaban J connectivity index is 1.23. The average Bonchev–Trinajstić information content (AvgIpc) is 3.37. The van der Waals surface area contributed by atoms with Crippen LogP contribution in [0.4, 0.5) is 4.79 Å². The van der Waals surface area contributed by atoms with Gasteiger partial charge >= 0.3 is 6.03 Å². The molecule has 3 aliphatic heterocycles. The number of urea groups is 1. The van der Waals surface area contributed by atoms with E-state index in [0.29, 0.717) is 26.0 Å². The highest BCUT2D eigenvalue weighted by Gasteiger charge is 2.48. The van der Waals surface area contributed by atoms with Gasteiger partial charge in [0.1, 0.15) is 12.4 Å². The quantitative estimate of drug-likeness (QED) is 0.313. The van der Waals surface area contributed by atoms with Crippen LogP contribution < -0.4 is 10.8 Å². The Hall–Kier alpha value is -1.96. The third-order valence-electron chi connectivity index (χ3n) is 5.11. The molecule has 0 saturated carbocycles. The van der Waals surface area contributed by atoms with Crippen molar-refractivity contribution in [3.63, 3.8) is 0 Å². The molecule has 2 N–H and O–H groups in total. The van der Waals surface area contributed by atoms with Crippen molar-refractivity contribution in [2.45, 2.75) is 43.4 Å². The van der Waals surface area contributed by atoms with Crippen molar-refractivity contribution < 1.29 is 18.7 Å². The highest BCUT2D eigenvalue weighted by atomic mass is 32.1. The molecule has 3 amide bonds. The summed E-state index contributed by atoms with van der Waals surface area (Å²) in [5, 5.41) is 15.7. The van der Waals surface area contributed by atoms with E-state index in [2.05, 4.69) is 39.2 Å². The summed E-state index contributed by atoms with van der Waals surface area (Å²) in [7, 11) is 0. The van der Waals surface area contributed by atoms with Gasteiger partial charge in [0, 0.05) is 32.0 Å². The predicted octanol–water partition coefficient (Wildman–Crippen LogP) is -1.33. The van der Waals surface area contributed by atoms with Gasteiger partial charge in [-0.25, -0.2) is 19.2 Å². The third-order valence-corrected chi connectivity index (χ3v) is 5.28. The van der Waals surface area contributed by atoms with Crippen LogP contribution in [0.1, 0.15) is 25.3 Å². The number of amides is 3. The fraction of sp³-hybridized carbons (Fsp3) is 0.769. The van der Waals surface area contributed by atoms with E-state index in [0.717, 1.165) is 13.0 Å². The average molecular weight is 384 g/mol. The first kappa shape index (κ1) is 17.5. The van der Waals surface area contributed by atoms with E-state index in [1.807, 2.05) is 0 Å². The summed E-state index contributed by atoms with van der Waals surface area (Å²) >= 11 is 3.71. The lowest BCUT2D eigenvalue weighted by Crippen LogP contribution is -2.50. The van der Waals surface area contributed by atoms with Gasteiger partial charge in [-0.3, -0.25) is 9.63 Å². The number of hydroxylamine groups is 3. The summed E-state index contributed by atoms with van der Waals surface area (Å²) in [4.78, 5) is 31.4. The van der Waals surface area contributed by atoms with Crippen LogP contribution in [0.25, 0.3) is 0 Å². The van der Waals surface area contributed by atoms with Crippen LogP contribution >= 0.6 is 12.9 Å². The molecule has 4 rings (SSSR count). The normalized spacial score (nSPS) is 30.9. The molecule has 13 heteroatoms. The highest BCUT2D eigenvalue weighted by molar-refractivity contribution is 7.75. The minimum absolute atomic E-state index is 0.0594. The second-order valence-electron chi connectivity index (χ2n) is 6.65. The molecule has 3 aliphatic rings. The van der Waals surface area contributed by atoms with Crippen LogP contribution in [0.3, 0.4) is 0 Å². The van der Waals surface area contributed by atoms with Gasteiger partial charge in [-0.2, -0.15) is 5.06 Å². The number of hydrogen-bond donors (Lipinski definition) is 3. The van der Waals surface area contributed by atoms with E-state index < -0.39 is 6.04 Å². The predicted molar refractivity (Wildman–Crippen MR) is 88.2 cm³/mol. The van der Waals surface area contributed by atoms with Crippen LogP contribution in [0.15, 0.2) is 6.33 Å². The first-order valence-corrected chi connectivity index (χ1v) is 8.82. The van der Waals surface area contributed by atoms with Gasteiger partial charge in [0.15, 0.2) is 0 Å². The van der Waals surface area contributed by atoms with Gasteiger partial charge < -0.3 is 10.2 Å². The molecule has 0 aromatic carbocycles. The minimum Gasteiger partial charge on any atom is -0.309 e. The van der Waals surface area contributed by atoms with Gasteiger partial charge in [-0.05, 0) is 29.7 Å². The number of thiol groups is 1. The Labute approximate surface area is 154 Å². The van der Waals surface area contributed by atoms with Crippen LogP contribution in [0, 0.1) is 0 Å². The number of tetrazole rings is 1. The van der Waals surface area contributed by atoms with Crippen molar-refractivity contribution in [1.82, 2.24) is 41.0 Å². The standard InChI is InChI=1S/C13H20N8O4S/c22-12(11-2-1-9-5-19(11)13(23)21(9)25-26)16-24-6-8-3-10(4-14-8)20-7-15-17-18-20/h7-11,14,26H,1-6H2,(H,16,22)/t8-,9?,10-,11?/m0/s1. The Morgan fingerprint density at radius 3 is 3.08 bits per heavy atom. The lowest BCUT2D eigenvalue weighted by Gasteiger charge is -2.29. The molecule has 4 heterocycles. The molecule has 0 radical (unpaired) electrons. The third kappa shape index (κ3) is 3.22. The number of carbonyl (C=O) groups is 2. The molecule has 3 fully saturated rings. The van der Waals surface area contributed by atoms with Crippen molar-refractivity contribution in [3.8, 4) is 0 Å². The zero-order chi connectivity index (χ0) is 18.1. The molecule has 2 unspecified atom stereocenters. The molecule has 0 aliphatic carbocycles. The number of fused-ring (bicyclic) bond motifs is 2. The molecule has 4 atom stereocenters. The number of aromatic nitrogens is 4. The van der Waals surface area contributed by atoms with Gasteiger partial charge in [0.2, 0.25) is 0 Å². The van der Waals surface area contributed by atoms with Gasteiger partial charge in [-0.1, -0.05) is 0 Å². The highest BCUT2D eigenvalue weighted by Crippen LogP contribution is 2.30. The molecular formula is C13H20N8O4S. The SMILES string of the molecule is O=C(NOC[C@@H]1C[C@H](n2cnnn2)CN1)C1CCC2CN1C(=O)N2OS. The molecule has 1 aromatic rings. The number of nitrogens with one attached hydrogen (secondary N) is 2. The maximum atomic E-state index is 12.4. The molecule has 26 heavy (non-hydrogen) atoms. The number of piperidine rings is 1. The summed E-state index contributed by atoms with van der Waals surface area (Å²) < 4.78 is 6.51. The Morgan fingerprint density at radius 1 is 1.42 bits per heavy atom. The van der Waals surface area contributed by atoms with E-state index in [9.17, 15) is 9.59 Å². The van der Waals surface area contributed by atoms with Crippen LogP contribution in [0.5, 0.6) is 0 Å². The molecule has 1 aromatic heterocycles. The summed E-state index contributed by atoms with van der Waals surface area (Å²) in [6.45, 7) is 1.51. The van der Waals surface area contributed by atoms with E-state index in [1.165, 1.54) is 9.96 Å². The maximum Gasteiger partial charge on any atom is 0.345 e. The van der Waals surface area contributed by atoms with Crippen molar-refractivity contribution in [2.75, 3.05) is 19.7 Å². The van der Waals surface area contributed by atoms with Gasteiger partial charge in [0.25, 0.3) is 5.91 Å². The summed E-state index contributed by atoms with van der Waals surface area (Å²) in [5.41, 5.74) is 2.47. The molecule has 142 valence electrons. The van der Waals surface area contributed by atoms with Gasteiger partial charge in [0.05, 0.1) is 18.7 Å². The second-order valence-corrected chi connectivity index (χ2v) is 6.81. The van der Waals surface area contributed by atoms with Crippen LogP contribution in [-0.4, -0.2) is 79.9 Å². The summed E-state index contributed by atoms with van der Waals surface area (Å²) in [6, 6.07) is -0.709. The van der Waals surface area contributed by atoms with Crippen LogP contribution in [-0.2, 0) is 13.9 Å². The number of carbonyl (C=O) groups excluding carboxylic acids is 2. The number of rotatable bonds is 6. The Kier molecular flexibility index (Phi) is 4.93. The zero-order valence-corrected chi connectivity index (χ0v) is 14.8. The summed E-state index contributed by atoms with van der Waals surface area (Å²) in [5.74, 6) is -0.326.